The first kappa shape index (κ1) is 14.5. The highest BCUT2D eigenvalue weighted by molar-refractivity contribution is 5.94. The van der Waals surface area contributed by atoms with Gasteiger partial charge in [-0.05, 0) is 31.0 Å². The zero-order valence-corrected chi connectivity index (χ0v) is 11.0. The van der Waals surface area contributed by atoms with Gasteiger partial charge in [0.15, 0.2) is 0 Å². The standard InChI is InChI=1S/C14H17FN2O3/c15-11-6-5-9(14(19)20)7-12(11)17-13(18)8-16-10-3-1-2-4-10/h5-7,10,16H,1-4,8H2,(H,17,18)(H,19,20). The summed E-state index contributed by atoms with van der Waals surface area (Å²) in [6, 6.07) is 3.65. The van der Waals surface area contributed by atoms with Crippen molar-refractivity contribution >= 4 is 17.6 Å². The van der Waals surface area contributed by atoms with E-state index < -0.39 is 11.8 Å². The highest BCUT2D eigenvalue weighted by Crippen LogP contribution is 2.18. The van der Waals surface area contributed by atoms with Crippen molar-refractivity contribution in [2.45, 2.75) is 31.7 Å². The highest BCUT2D eigenvalue weighted by Gasteiger charge is 2.16. The van der Waals surface area contributed by atoms with Gasteiger partial charge in [0.2, 0.25) is 5.91 Å². The van der Waals surface area contributed by atoms with Gasteiger partial charge in [0.05, 0.1) is 17.8 Å². The number of anilines is 1. The van der Waals surface area contributed by atoms with Crippen LogP contribution in [-0.4, -0.2) is 29.6 Å². The van der Waals surface area contributed by atoms with Crippen LogP contribution in [0.1, 0.15) is 36.0 Å². The summed E-state index contributed by atoms with van der Waals surface area (Å²) < 4.78 is 13.5. The SMILES string of the molecule is O=C(CNC1CCCC1)Nc1cc(C(=O)O)ccc1F. The predicted octanol–water partition coefficient (Wildman–Crippen LogP) is 1.99. The Morgan fingerprint density at radius 3 is 2.65 bits per heavy atom. The Bertz CT molecular complexity index is 513. The highest BCUT2D eigenvalue weighted by atomic mass is 19.1. The maximum atomic E-state index is 13.5. The molecule has 1 fully saturated rings. The lowest BCUT2D eigenvalue weighted by Crippen LogP contribution is -2.34. The summed E-state index contributed by atoms with van der Waals surface area (Å²) >= 11 is 0. The number of carboxylic acids is 1. The third-order valence-corrected chi connectivity index (χ3v) is 3.39. The molecule has 1 aliphatic rings. The topological polar surface area (TPSA) is 78.4 Å². The first-order valence-corrected chi connectivity index (χ1v) is 6.62. The van der Waals surface area contributed by atoms with E-state index in [1.54, 1.807) is 0 Å². The smallest absolute Gasteiger partial charge is 0.335 e. The second-order valence-corrected chi connectivity index (χ2v) is 4.91. The minimum Gasteiger partial charge on any atom is -0.478 e. The van der Waals surface area contributed by atoms with Crippen molar-refractivity contribution in [1.29, 1.82) is 0 Å². The summed E-state index contributed by atoms with van der Waals surface area (Å²) in [7, 11) is 0. The van der Waals surface area contributed by atoms with Gasteiger partial charge >= 0.3 is 5.97 Å². The van der Waals surface area contributed by atoms with Crippen LogP contribution in [0.5, 0.6) is 0 Å². The Balaban J connectivity index is 1.92. The van der Waals surface area contributed by atoms with Gasteiger partial charge in [-0.2, -0.15) is 0 Å². The Morgan fingerprint density at radius 1 is 1.30 bits per heavy atom. The molecule has 1 saturated carbocycles. The molecule has 0 saturated heterocycles. The largest absolute Gasteiger partial charge is 0.478 e. The van der Waals surface area contributed by atoms with E-state index in [0.717, 1.165) is 43.9 Å². The third-order valence-electron chi connectivity index (χ3n) is 3.39. The van der Waals surface area contributed by atoms with Gasteiger partial charge in [-0.25, -0.2) is 9.18 Å². The number of carboxylic acid groups (broad SMARTS) is 1. The van der Waals surface area contributed by atoms with Crippen LogP contribution in [0, 0.1) is 5.82 Å². The summed E-state index contributed by atoms with van der Waals surface area (Å²) in [6.45, 7) is 0.0986. The van der Waals surface area contributed by atoms with E-state index in [1.165, 1.54) is 0 Å². The number of benzene rings is 1. The van der Waals surface area contributed by atoms with Crippen LogP contribution in [0.3, 0.4) is 0 Å². The number of amides is 1. The van der Waals surface area contributed by atoms with E-state index in [1.807, 2.05) is 0 Å². The number of aromatic carboxylic acids is 1. The van der Waals surface area contributed by atoms with Crippen molar-refractivity contribution < 1.29 is 19.1 Å². The fourth-order valence-corrected chi connectivity index (χ4v) is 2.32. The number of hydrogen-bond donors (Lipinski definition) is 3. The van der Waals surface area contributed by atoms with Gasteiger partial charge in [0.25, 0.3) is 0 Å². The Morgan fingerprint density at radius 2 is 2.00 bits per heavy atom. The molecule has 0 radical (unpaired) electrons. The Hall–Kier alpha value is -1.95. The lowest BCUT2D eigenvalue weighted by atomic mass is 10.2. The van der Waals surface area contributed by atoms with Gasteiger partial charge in [-0.3, -0.25) is 4.79 Å². The molecule has 1 aromatic rings. The second kappa shape index (κ2) is 6.47. The van der Waals surface area contributed by atoms with Crippen LogP contribution >= 0.6 is 0 Å². The monoisotopic (exact) mass is 280 g/mol. The molecule has 108 valence electrons. The normalized spacial score (nSPS) is 15.2. The average Bonchev–Trinajstić information content (AvgIpc) is 2.92. The van der Waals surface area contributed by atoms with Crippen LogP contribution in [0.2, 0.25) is 0 Å². The van der Waals surface area contributed by atoms with Crippen molar-refractivity contribution in [3.05, 3.63) is 29.6 Å². The fraction of sp³-hybridized carbons (Fsp3) is 0.429. The van der Waals surface area contributed by atoms with Gasteiger partial charge in [0, 0.05) is 6.04 Å². The quantitative estimate of drug-likeness (QED) is 0.770. The number of halogens is 1. The number of carbonyl (C=O) groups excluding carboxylic acids is 1. The summed E-state index contributed by atoms with van der Waals surface area (Å²) in [5, 5.41) is 14.3. The summed E-state index contributed by atoms with van der Waals surface area (Å²) in [5.41, 5.74) is -0.173. The number of rotatable bonds is 5. The summed E-state index contributed by atoms with van der Waals surface area (Å²) in [5.74, 6) is -2.19. The fourth-order valence-electron chi connectivity index (χ4n) is 2.32. The Kier molecular flexibility index (Phi) is 4.68. The minimum absolute atomic E-state index is 0.0644. The molecule has 3 N–H and O–H groups in total. The summed E-state index contributed by atoms with van der Waals surface area (Å²) in [4.78, 5) is 22.5. The van der Waals surface area contributed by atoms with E-state index >= 15 is 0 Å². The average molecular weight is 280 g/mol. The first-order chi connectivity index (χ1) is 9.56. The lowest BCUT2D eigenvalue weighted by Gasteiger charge is -2.12. The molecule has 1 amide bonds. The molecule has 0 unspecified atom stereocenters. The molecule has 2 rings (SSSR count). The van der Waals surface area contributed by atoms with Crippen molar-refractivity contribution in [1.82, 2.24) is 5.32 Å². The van der Waals surface area contributed by atoms with Crippen LogP contribution in [0.4, 0.5) is 10.1 Å². The minimum atomic E-state index is -1.16. The van der Waals surface area contributed by atoms with E-state index in [4.69, 9.17) is 5.11 Å². The molecule has 6 heteroatoms. The van der Waals surface area contributed by atoms with Crippen LogP contribution in [0.25, 0.3) is 0 Å². The number of nitrogens with one attached hydrogen (secondary N) is 2. The summed E-state index contributed by atoms with van der Waals surface area (Å²) in [6.07, 6.45) is 4.43. The molecule has 1 aliphatic carbocycles. The van der Waals surface area contributed by atoms with Crippen LogP contribution in [0.15, 0.2) is 18.2 Å². The van der Waals surface area contributed by atoms with E-state index in [0.29, 0.717) is 6.04 Å². The van der Waals surface area contributed by atoms with E-state index in [9.17, 15) is 14.0 Å². The third kappa shape index (κ3) is 3.77. The van der Waals surface area contributed by atoms with Crippen LogP contribution < -0.4 is 10.6 Å². The molecule has 0 heterocycles. The van der Waals surface area contributed by atoms with E-state index in [2.05, 4.69) is 10.6 Å². The maximum absolute atomic E-state index is 13.5. The first-order valence-electron chi connectivity index (χ1n) is 6.62. The zero-order valence-electron chi connectivity index (χ0n) is 11.0. The molecule has 0 bridgehead atoms. The van der Waals surface area contributed by atoms with Crippen molar-refractivity contribution in [3.63, 3.8) is 0 Å². The number of carbonyl (C=O) groups is 2. The van der Waals surface area contributed by atoms with Crippen molar-refractivity contribution in [2.75, 3.05) is 11.9 Å². The maximum Gasteiger partial charge on any atom is 0.335 e. The molecular formula is C14H17FN2O3. The van der Waals surface area contributed by atoms with Crippen molar-refractivity contribution in [3.8, 4) is 0 Å². The van der Waals surface area contributed by atoms with Gasteiger partial charge < -0.3 is 15.7 Å². The molecule has 0 aromatic heterocycles. The molecule has 1 aromatic carbocycles. The van der Waals surface area contributed by atoms with E-state index in [-0.39, 0.29) is 23.7 Å². The second-order valence-electron chi connectivity index (χ2n) is 4.91. The predicted molar refractivity (Wildman–Crippen MR) is 72.2 cm³/mol. The van der Waals surface area contributed by atoms with Gasteiger partial charge in [-0.15, -0.1) is 0 Å². The number of hydrogen-bond acceptors (Lipinski definition) is 3. The van der Waals surface area contributed by atoms with Gasteiger partial charge in [-0.1, -0.05) is 12.8 Å². The van der Waals surface area contributed by atoms with Crippen molar-refractivity contribution in [2.24, 2.45) is 0 Å². The zero-order chi connectivity index (χ0) is 14.5. The Labute approximate surface area is 116 Å². The molecule has 0 atom stereocenters. The van der Waals surface area contributed by atoms with Gasteiger partial charge in [0.1, 0.15) is 5.82 Å². The molecule has 0 spiro atoms. The van der Waals surface area contributed by atoms with Crippen LogP contribution in [-0.2, 0) is 4.79 Å². The molecule has 0 aliphatic heterocycles. The molecule has 20 heavy (non-hydrogen) atoms. The molecule has 5 nitrogen and oxygen atoms in total. The lowest BCUT2D eigenvalue weighted by molar-refractivity contribution is -0.115. The molecular weight excluding hydrogens is 263 g/mol.